The molecule has 4 heteroatoms. The Bertz CT molecular complexity index is 181. The van der Waals surface area contributed by atoms with Crippen LogP contribution in [0, 0.1) is 5.92 Å². The Morgan fingerprint density at radius 2 is 2.20 bits per heavy atom. The van der Waals surface area contributed by atoms with Gasteiger partial charge in [0.1, 0.15) is 6.61 Å². The van der Waals surface area contributed by atoms with Gasteiger partial charge in [-0.15, -0.1) is 0 Å². The molecular weight excluding hydrogens is 194 g/mol. The van der Waals surface area contributed by atoms with E-state index in [1.807, 2.05) is 6.92 Å². The van der Waals surface area contributed by atoms with Gasteiger partial charge in [-0.25, -0.2) is 0 Å². The lowest BCUT2D eigenvalue weighted by atomic mass is 10.4. The zero-order valence-corrected chi connectivity index (χ0v) is 9.46. The van der Waals surface area contributed by atoms with Crippen molar-refractivity contribution in [3.63, 3.8) is 0 Å². The van der Waals surface area contributed by atoms with E-state index in [1.54, 1.807) is 0 Å². The number of ether oxygens (including phenoxy) is 2. The minimum absolute atomic E-state index is 0.0426. The molecular formula is C11H21NO3. The van der Waals surface area contributed by atoms with Crippen LogP contribution in [0.2, 0.25) is 0 Å². The maximum absolute atomic E-state index is 11.1. The SMILES string of the molecule is CCOCC(=O)NCCCOCC1CC1. The van der Waals surface area contributed by atoms with E-state index in [4.69, 9.17) is 9.47 Å². The van der Waals surface area contributed by atoms with Crippen LogP contribution in [0.4, 0.5) is 0 Å². The molecule has 1 fully saturated rings. The second-order valence-electron chi connectivity index (χ2n) is 3.86. The molecule has 1 N–H and O–H groups in total. The maximum Gasteiger partial charge on any atom is 0.245 e. The predicted octanol–water partition coefficient (Wildman–Crippen LogP) is 0.956. The third kappa shape index (κ3) is 7.33. The average Bonchev–Trinajstić information content (AvgIpc) is 3.04. The van der Waals surface area contributed by atoms with Crippen molar-refractivity contribution in [3.05, 3.63) is 0 Å². The number of rotatable bonds is 9. The zero-order chi connectivity index (χ0) is 10.9. The molecule has 0 atom stereocenters. The highest BCUT2D eigenvalue weighted by Gasteiger charge is 2.20. The number of carbonyl (C=O) groups excluding carboxylic acids is 1. The van der Waals surface area contributed by atoms with Gasteiger partial charge in [0.05, 0.1) is 0 Å². The zero-order valence-electron chi connectivity index (χ0n) is 9.46. The van der Waals surface area contributed by atoms with Gasteiger partial charge in [-0.05, 0) is 32.1 Å². The minimum atomic E-state index is -0.0426. The molecule has 0 spiro atoms. The molecule has 15 heavy (non-hydrogen) atoms. The van der Waals surface area contributed by atoms with Crippen molar-refractivity contribution in [1.29, 1.82) is 0 Å². The molecule has 88 valence electrons. The standard InChI is InChI=1S/C11H21NO3/c1-2-14-9-11(13)12-6-3-7-15-8-10-4-5-10/h10H,2-9H2,1H3,(H,12,13). The van der Waals surface area contributed by atoms with Crippen molar-refractivity contribution >= 4 is 5.91 Å². The van der Waals surface area contributed by atoms with Crippen molar-refractivity contribution in [1.82, 2.24) is 5.32 Å². The van der Waals surface area contributed by atoms with Crippen LogP contribution >= 0.6 is 0 Å². The largest absolute Gasteiger partial charge is 0.381 e. The van der Waals surface area contributed by atoms with Crippen LogP contribution in [0.5, 0.6) is 0 Å². The molecule has 0 aromatic heterocycles. The molecule has 1 aliphatic rings. The summed E-state index contributed by atoms with van der Waals surface area (Å²) in [6.07, 6.45) is 3.53. The number of carbonyl (C=O) groups is 1. The van der Waals surface area contributed by atoms with Crippen molar-refractivity contribution < 1.29 is 14.3 Å². The molecule has 4 nitrogen and oxygen atoms in total. The summed E-state index contributed by atoms with van der Waals surface area (Å²) in [6.45, 7) is 4.94. The summed E-state index contributed by atoms with van der Waals surface area (Å²) in [5, 5.41) is 2.78. The van der Waals surface area contributed by atoms with Crippen LogP contribution in [0.1, 0.15) is 26.2 Å². The van der Waals surface area contributed by atoms with Gasteiger partial charge in [0.15, 0.2) is 0 Å². The van der Waals surface area contributed by atoms with Crippen molar-refractivity contribution in [2.75, 3.05) is 33.0 Å². The van der Waals surface area contributed by atoms with E-state index >= 15 is 0 Å². The fourth-order valence-electron chi connectivity index (χ4n) is 1.18. The lowest BCUT2D eigenvalue weighted by Gasteiger charge is -2.05. The van der Waals surface area contributed by atoms with Gasteiger partial charge in [-0.1, -0.05) is 0 Å². The summed E-state index contributed by atoms with van der Waals surface area (Å²) in [5.74, 6) is 0.775. The number of hydrogen-bond donors (Lipinski definition) is 1. The van der Waals surface area contributed by atoms with Crippen LogP contribution in [0.3, 0.4) is 0 Å². The van der Waals surface area contributed by atoms with Crippen LogP contribution in [-0.2, 0) is 14.3 Å². The third-order valence-electron chi connectivity index (χ3n) is 2.28. The molecule has 0 saturated heterocycles. The Morgan fingerprint density at radius 3 is 2.87 bits per heavy atom. The monoisotopic (exact) mass is 215 g/mol. The molecule has 0 heterocycles. The van der Waals surface area contributed by atoms with Gasteiger partial charge in [-0.2, -0.15) is 0 Å². The summed E-state index contributed by atoms with van der Waals surface area (Å²) in [4.78, 5) is 11.1. The van der Waals surface area contributed by atoms with Crippen LogP contribution in [0.15, 0.2) is 0 Å². The van der Waals surface area contributed by atoms with E-state index in [0.29, 0.717) is 13.2 Å². The van der Waals surface area contributed by atoms with E-state index in [2.05, 4.69) is 5.32 Å². The average molecular weight is 215 g/mol. The fraction of sp³-hybridized carbons (Fsp3) is 0.909. The lowest BCUT2D eigenvalue weighted by molar-refractivity contribution is -0.125. The number of hydrogen-bond acceptors (Lipinski definition) is 3. The summed E-state index contributed by atoms with van der Waals surface area (Å²) in [6, 6.07) is 0. The first-order valence-corrected chi connectivity index (χ1v) is 5.75. The maximum atomic E-state index is 11.1. The summed E-state index contributed by atoms with van der Waals surface area (Å²) >= 11 is 0. The molecule has 1 rings (SSSR count). The minimum Gasteiger partial charge on any atom is -0.381 e. The second kappa shape index (κ2) is 7.65. The van der Waals surface area contributed by atoms with Crippen molar-refractivity contribution in [2.24, 2.45) is 5.92 Å². The van der Waals surface area contributed by atoms with E-state index in [-0.39, 0.29) is 12.5 Å². The van der Waals surface area contributed by atoms with Gasteiger partial charge in [0, 0.05) is 26.4 Å². The second-order valence-corrected chi connectivity index (χ2v) is 3.86. The normalized spacial score (nSPS) is 15.3. The lowest BCUT2D eigenvalue weighted by Crippen LogP contribution is -2.29. The number of amides is 1. The van der Waals surface area contributed by atoms with Crippen LogP contribution in [-0.4, -0.2) is 38.9 Å². The van der Waals surface area contributed by atoms with E-state index in [0.717, 1.165) is 25.6 Å². The molecule has 0 radical (unpaired) electrons. The van der Waals surface area contributed by atoms with Crippen molar-refractivity contribution in [2.45, 2.75) is 26.2 Å². The molecule has 1 aliphatic carbocycles. The molecule has 0 aromatic carbocycles. The Labute approximate surface area is 91.3 Å². The third-order valence-corrected chi connectivity index (χ3v) is 2.28. The Balaban J connectivity index is 1.76. The topological polar surface area (TPSA) is 47.6 Å². The summed E-state index contributed by atoms with van der Waals surface area (Å²) < 4.78 is 10.4. The highest BCUT2D eigenvalue weighted by atomic mass is 16.5. The molecule has 1 saturated carbocycles. The first-order chi connectivity index (χ1) is 7.33. The van der Waals surface area contributed by atoms with Crippen LogP contribution < -0.4 is 5.32 Å². The predicted molar refractivity (Wildman–Crippen MR) is 57.7 cm³/mol. The van der Waals surface area contributed by atoms with Gasteiger partial charge in [-0.3, -0.25) is 4.79 Å². The van der Waals surface area contributed by atoms with Gasteiger partial charge < -0.3 is 14.8 Å². The Kier molecular flexibility index (Phi) is 6.36. The quantitative estimate of drug-likeness (QED) is 0.583. The van der Waals surface area contributed by atoms with E-state index < -0.39 is 0 Å². The smallest absolute Gasteiger partial charge is 0.245 e. The van der Waals surface area contributed by atoms with Gasteiger partial charge in [0.2, 0.25) is 5.91 Å². The molecule has 0 unspecified atom stereocenters. The highest BCUT2D eigenvalue weighted by molar-refractivity contribution is 5.77. The molecule has 0 aliphatic heterocycles. The highest BCUT2D eigenvalue weighted by Crippen LogP contribution is 2.28. The molecule has 1 amide bonds. The van der Waals surface area contributed by atoms with Gasteiger partial charge >= 0.3 is 0 Å². The summed E-state index contributed by atoms with van der Waals surface area (Å²) in [5.41, 5.74) is 0. The Morgan fingerprint density at radius 1 is 1.40 bits per heavy atom. The van der Waals surface area contributed by atoms with Crippen molar-refractivity contribution in [3.8, 4) is 0 Å². The fourth-order valence-corrected chi connectivity index (χ4v) is 1.18. The Hall–Kier alpha value is -0.610. The first-order valence-electron chi connectivity index (χ1n) is 5.75. The number of nitrogens with one attached hydrogen (secondary N) is 1. The van der Waals surface area contributed by atoms with Crippen LogP contribution in [0.25, 0.3) is 0 Å². The summed E-state index contributed by atoms with van der Waals surface area (Å²) in [7, 11) is 0. The van der Waals surface area contributed by atoms with E-state index in [1.165, 1.54) is 12.8 Å². The first kappa shape index (κ1) is 12.5. The molecule has 0 aromatic rings. The van der Waals surface area contributed by atoms with E-state index in [9.17, 15) is 4.79 Å². The van der Waals surface area contributed by atoms with Gasteiger partial charge in [0.25, 0.3) is 0 Å². The molecule has 0 bridgehead atoms.